The number of likely N-dealkylation sites (N-methyl/N-ethyl adjacent to an activating group) is 1. The predicted octanol–water partition coefficient (Wildman–Crippen LogP) is 2.92. The van der Waals surface area contributed by atoms with E-state index in [1.807, 2.05) is 40.0 Å². The topological polar surface area (TPSA) is 59.1 Å². The summed E-state index contributed by atoms with van der Waals surface area (Å²) in [4.78, 5) is 27.5. The van der Waals surface area contributed by atoms with Gasteiger partial charge in [0.25, 0.3) is 0 Å². The maximum Gasteiger partial charge on any atom is 0.410 e. The van der Waals surface area contributed by atoms with E-state index >= 15 is 0 Å². The van der Waals surface area contributed by atoms with E-state index in [1.54, 1.807) is 17.0 Å². The Hall–Kier alpha value is -2.24. The normalized spacial score (nSPS) is 17.5. The Morgan fingerprint density at radius 3 is 2.38 bits per heavy atom. The summed E-state index contributed by atoms with van der Waals surface area (Å²) in [6, 6.07) is 7.50. The maximum atomic E-state index is 12.2. The van der Waals surface area contributed by atoms with Crippen molar-refractivity contribution in [2.45, 2.75) is 38.8 Å². The number of methoxy groups -OCH3 is 1. The molecule has 0 radical (unpaired) electrons. The van der Waals surface area contributed by atoms with Crippen LogP contribution in [-0.2, 0) is 9.47 Å². The van der Waals surface area contributed by atoms with Gasteiger partial charge in [-0.15, -0.1) is 0 Å². The fraction of sp³-hybridized carbons (Fsp3) is 0.556. The minimum absolute atomic E-state index is 0.224. The van der Waals surface area contributed by atoms with Crippen molar-refractivity contribution in [2.75, 3.05) is 32.1 Å². The predicted molar refractivity (Wildman–Crippen MR) is 92.4 cm³/mol. The zero-order valence-electron chi connectivity index (χ0n) is 15.0. The van der Waals surface area contributed by atoms with Gasteiger partial charge in [0.2, 0.25) is 0 Å². The average molecular weight is 334 g/mol. The summed E-state index contributed by atoms with van der Waals surface area (Å²) in [5, 5.41) is 0. The van der Waals surface area contributed by atoms with Crippen LogP contribution in [-0.4, -0.2) is 55.9 Å². The van der Waals surface area contributed by atoms with E-state index in [4.69, 9.17) is 9.47 Å². The number of amides is 1. The van der Waals surface area contributed by atoms with Crippen LogP contribution < -0.4 is 4.90 Å². The number of rotatable bonds is 3. The molecule has 2 rings (SSSR count). The molecule has 0 saturated carbocycles. The van der Waals surface area contributed by atoms with Gasteiger partial charge in [-0.25, -0.2) is 9.59 Å². The molecule has 1 amide bonds. The summed E-state index contributed by atoms with van der Waals surface area (Å²) in [6.07, 6.45) is 0.619. The van der Waals surface area contributed by atoms with Gasteiger partial charge in [-0.2, -0.15) is 0 Å². The van der Waals surface area contributed by atoms with Crippen molar-refractivity contribution in [1.29, 1.82) is 0 Å². The second-order valence-electron chi connectivity index (χ2n) is 7.02. The summed E-state index contributed by atoms with van der Waals surface area (Å²) in [5.41, 5.74) is 1.04. The molecule has 1 fully saturated rings. The average Bonchev–Trinajstić information content (AvgIpc) is 3.02. The van der Waals surface area contributed by atoms with Gasteiger partial charge in [-0.1, -0.05) is 0 Å². The molecule has 1 unspecified atom stereocenters. The summed E-state index contributed by atoms with van der Waals surface area (Å²) >= 11 is 0. The van der Waals surface area contributed by atoms with Crippen LogP contribution in [0.3, 0.4) is 0 Å². The lowest BCUT2D eigenvalue weighted by Gasteiger charge is -2.28. The Bertz CT molecular complexity index is 592. The zero-order chi connectivity index (χ0) is 17.9. The molecule has 132 valence electrons. The van der Waals surface area contributed by atoms with E-state index in [-0.39, 0.29) is 18.1 Å². The van der Waals surface area contributed by atoms with Gasteiger partial charge in [0.05, 0.1) is 12.7 Å². The van der Waals surface area contributed by atoms with Gasteiger partial charge >= 0.3 is 12.1 Å². The number of esters is 1. The molecule has 1 heterocycles. The summed E-state index contributed by atoms with van der Waals surface area (Å²) in [5.74, 6) is -0.346. The molecular weight excluding hydrogens is 308 g/mol. The van der Waals surface area contributed by atoms with Gasteiger partial charge in [-0.3, -0.25) is 0 Å². The first-order valence-corrected chi connectivity index (χ1v) is 8.10. The first-order valence-electron chi connectivity index (χ1n) is 8.10. The van der Waals surface area contributed by atoms with E-state index in [9.17, 15) is 9.59 Å². The molecule has 1 atom stereocenters. The number of ether oxygens (including phenoxy) is 2. The largest absolute Gasteiger partial charge is 0.465 e. The lowest BCUT2D eigenvalue weighted by molar-refractivity contribution is 0.0292. The second kappa shape index (κ2) is 7.11. The highest BCUT2D eigenvalue weighted by Crippen LogP contribution is 2.23. The monoisotopic (exact) mass is 334 g/mol. The quantitative estimate of drug-likeness (QED) is 0.796. The summed E-state index contributed by atoms with van der Waals surface area (Å²) in [7, 11) is 3.36. The fourth-order valence-corrected chi connectivity index (χ4v) is 2.71. The number of hydrogen-bond donors (Lipinski definition) is 0. The molecule has 0 spiro atoms. The van der Waals surface area contributed by atoms with Crippen molar-refractivity contribution in [3.8, 4) is 0 Å². The van der Waals surface area contributed by atoms with Crippen molar-refractivity contribution in [3.05, 3.63) is 29.8 Å². The fourth-order valence-electron chi connectivity index (χ4n) is 2.71. The molecule has 0 bridgehead atoms. The van der Waals surface area contributed by atoms with Gasteiger partial charge in [0.15, 0.2) is 0 Å². The van der Waals surface area contributed by atoms with E-state index in [0.29, 0.717) is 18.7 Å². The second-order valence-corrected chi connectivity index (χ2v) is 7.02. The van der Waals surface area contributed by atoms with Gasteiger partial charge in [-0.05, 0) is 51.5 Å². The van der Waals surface area contributed by atoms with Crippen LogP contribution >= 0.6 is 0 Å². The molecule has 1 saturated heterocycles. The molecule has 0 N–H and O–H groups in total. The standard InChI is InChI=1S/C18H26N2O4/c1-18(2,3)24-17(22)20-11-10-15(12-20)19(4)14-8-6-13(7-9-14)16(21)23-5/h6-9,15H,10-12H2,1-5H3. The minimum Gasteiger partial charge on any atom is -0.465 e. The molecule has 6 nitrogen and oxygen atoms in total. The molecule has 0 aromatic heterocycles. The van der Waals surface area contributed by atoms with Crippen molar-refractivity contribution in [3.63, 3.8) is 0 Å². The Kier molecular flexibility index (Phi) is 5.36. The Morgan fingerprint density at radius 1 is 1.21 bits per heavy atom. The highest BCUT2D eigenvalue weighted by molar-refractivity contribution is 5.89. The van der Waals surface area contributed by atoms with Crippen molar-refractivity contribution in [2.24, 2.45) is 0 Å². The van der Waals surface area contributed by atoms with Crippen LogP contribution in [0.2, 0.25) is 0 Å². The Balaban J connectivity index is 1.97. The van der Waals surface area contributed by atoms with Crippen LogP contribution in [0.1, 0.15) is 37.6 Å². The van der Waals surface area contributed by atoms with Gasteiger partial charge in [0, 0.05) is 31.9 Å². The van der Waals surface area contributed by atoms with Crippen LogP contribution in [0, 0.1) is 0 Å². The van der Waals surface area contributed by atoms with E-state index in [0.717, 1.165) is 12.1 Å². The third kappa shape index (κ3) is 4.40. The minimum atomic E-state index is -0.481. The van der Waals surface area contributed by atoms with E-state index < -0.39 is 5.60 Å². The lowest BCUT2D eigenvalue weighted by atomic mass is 10.1. The molecule has 6 heteroatoms. The van der Waals surface area contributed by atoms with Crippen LogP contribution in [0.4, 0.5) is 10.5 Å². The number of nitrogens with zero attached hydrogens (tertiary/aromatic N) is 2. The lowest BCUT2D eigenvalue weighted by Crippen LogP contribution is -2.39. The molecule has 24 heavy (non-hydrogen) atoms. The number of hydrogen-bond acceptors (Lipinski definition) is 5. The Morgan fingerprint density at radius 2 is 1.83 bits per heavy atom. The first kappa shape index (κ1) is 18.1. The van der Waals surface area contributed by atoms with E-state index in [1.165, 1.54) is 7.11 Å². The van der Waals surface area contributed by atoms with Crippen LogP contribution in [0.15, 0.2) is 24.3 Å². The van der Waals surface area contributed by atoms with Crippen molar-refractivity contribution >= 4 is 17.7 Å². The van der Waals surface area contributed by atoms with Gasteiger partial charge < -0.3 is 19.3 Å². The molecule has 1 aliphatic heterocycles. The number of benzene rings is 1. The third-order valence-electron chi connectivity index (χ3n) is 4.06. The number of carbonyl (C=O) groups is 2. The molecule has 1 aliphatic rings. The smallest absolute Gasteiger partial charge is 0.410 e. The highest BCUT2D eigenvalue weighted by atomic mass is 16.6. The maximum absolute atomic E-state index is 12.2. The highest BCUT2D eigenvalue weighted by Gasteiger charge is 2.31. The third-order valence-corrected chi connectivity index (χ3v) is 4.06. The Labute approximate surface area is 143 Å². The summed E-state index contributed by atoms with van der Waals surface area (Å²) in [6.45, 7) is 6.92. The van der Waals surface area contributed by atoms with Gasteiger partial charge in [0.1, 0.15) is 5.60 Å². The van der Waals surface area contributed by atoms with Crippen molar-refractivity contribution in [1.82, 2.24) is 4.90 Å². The number of likely N-dealkylation sites (tertiary alicyclic amines) is 1. The first-order chi connectivity index (χ1) is 11.2. The van der Waals surface area contributed by atoms with E-state index in [2.05, 4.69) is 4.90 Å². The number of carbonyl (C=O) groups excluding carboxylic acids is 2. The SMILES string of the molecule is COC(=O)c1ccc(N(C)C2CCN(C(=O)OC(C)(C)C)C2)cc1. The summed E-state index contributed by atoms with van der Waals surface area (Å²) < 4.78 is 10.1. The van der Waals surface area contributed by atoms with Crippen LogP contribution in [0.25, 0.3) is 0 Å². The molecular formula is C18H26N2O4. The molecule has 1 aromatic carbocycles. The van der Waals surface area contributed by atoms with Crippen molar-refractivity contribution < 1.29 is 19.1 Å². The molecule has 0 aliphatic carbocycles. The molecule has 1 aromatic rings. The van der Waals surface area contributed by atoms with Crippen LogP contribution in [0.5, 0.6) is 0 Å². The number of anilines is 1. The zero-order valence-corrected chi connectivity index (χ0v) is 15.0.